The molecule has 2 aliphatic heterocycles. The number of fused-ring (bicyclic) bond motifs is 4. The Kier molecular flexibility index (Phi) is 6.89. The minimum atomic E-state index is -0.617. The van der Waals surface area contributed by atoms with Gasteiger partial charge in [0.05, 0.1) is 14.2 Å². The van der Waals surface area contributed by atoms with Crippen LogP contribution in [0.5, 0.6) is 0 Å². The molecule has 29 heavy (non-hydrogen) atoms. The number of likely N-dealkylation sites (tertiary alicyclic amines) is 1. The van der Waals surface area contributed by atoms with Gasteiger partial charge in [-0.15, -0.1) is 0 Å². The van der Waals surface area contributed by atoms with Crippen LogP contribution in [0.1, 0.15) is 37.3 Å². The number of nitrogens with one attached hydrogen (secondary N) is 1. The SMILES string of the molecule is COC(=O)CCC[C@H](NC(=S)N1C[C@H]2C[C@H](C1)c1cccc(=O)n1C2)C(=O)OC. The first-order chi connectivity index (χ1) is 13.9. The van der Waals surface area contributed by atoms with Gasteiger partial charge in [-0.1, -0.05) is 6.07 Å². The van der Waals surface area contributed by atoms with Crippen LogP contribution in [0, 0.1) is 5.92 Å². The summed E-state index contributed by atoms with van der Waals surface area (Å²) < 4.78 is 11.4. The van der Waals surface area contributed by atoms with Gasteiger partial charge in [0, 0.05) is 43.7 Å². The van der Waals surface area contributed by atoms with Gasteiger partial charge >= 0.3 is 11.9 Å². The highest BCUT2D eigenvalue weighted by atomic mass is 32.1. The average Bonchev–Trinajstić information content (AvgIpc) is 2.72. The van der Waals surface area contributed by atoms with Gasteiger partial charge in [0.25, 0.3) is 5.56 Å². The van der Waals surface area contributed by atoms with Crippen LogP contribution < -0.4 is 10.9 Å². The molecule has 0 aliphatic carbocycles. The molecule has 8 nitrogen and oxygen atoms in total. The van der Waals surface area contributed by atoms with Gasteiger partial charge in [-0.3, -0.25) is 9.59 Å². The molecule has 0 saturated carbocycles. The van der Waals surface area contributed by atoms with Crippen LogP contribution in [0.3, 0.4) is 0 Å². The van der Waals surface area contributed by atoms with Gasteiger partial charge in [-0.05, 0) is 43.5 Å². The first-order valence-corrected chi connectivity index (χ1v) is 10.2. The molecular weight excluding hydrogens is 394 g/mol. The number of pyridine rings is 1. The molecule has 2 aliphatic rings. The lowest BCUT2D eigenvalue weighted by molar-refractivity contribution is -0.144. The zero-order chi connectivity index (χ0) is 21.0. The van der Waals surface area contributed by atoms with Crippen LogP contribution in [0.25, 0.3) is 0 Å². The smallest absolute Gasteiger partial charge is 0.328 e. The molecule has 2 bridgehead atoms. The summed E-state index contributed by atoms with van der Waals surface area (Å²) in [7, 11) is 2.67. The second-order valence-corrected chi connectivity index (χ2v) is 7.98. The summed E-state index contributed by atoms with van der Waals surface area (Å²) in [4.78, 5) is 37.7. The van der Waals surface area contributed by atoms with Gasteiger partial charge in [-0.2, -0.15) is 0 Å². The van der Waals surface area contributed by atoms with Crippen molar-refractivity contribution < 1.29 is 19.1 Å². The molecule has 1 saturated heterocycles. The molecule has 1 aromatic heterocycles. The fourth-order valence-electron chi connectivity index (χ4n) is 4.25. The minimum Gasteiger partial charge on any atom is -0.469 e. The van der Waals surface area contributed by atoms with Gasteiger partial charge in [0.1, 0.15) is 6.04 Å². The lowest BCUT2D eigenvalue weighted by Crippen LogP contribution is -2.54. The zero-order valence-electron chi connectivity index (χ0n) is 16.8. The van der Waals surface area contributed by atoms with Gasteiger partial charge in [-0.25, -0.2) is 4.79 Å². The van der Waals surface area contributed by atoms with E-state index < -0.39 is 12.0 Å². The van der Waals surface area contributed by atoms with Crippen molar-refractivity contribution in [1.29, 1.82) is 0 Å². The lowest BCUT2D eigenvalue weighted by Gasteiger charge is -2.44. The second-order valence-electron chi connectivity index (χ2n) is 7.60. The number of piperidine rings is 1. The highest BCUT2D eigenvalue weighted by Gasteiger charge is 2.36. The standard InChI is InChI=1S/C20H27N3O5S/c1-27-18(25)8-3-5-15(19(26)28-2)21-20(29)22-10-13-9-14(12-22)16-6-4-7-17(24)23(16)11-13/h4,6-7,13-15H,3,5,8-12H2,1-2H3,(H,21,29)/t13-,14-,15+/m1/s1. The Labute approximate surface area is 175 Å². The highest BCUT2D eigenvalue weighted by molar-refractivity contribution is 7.80. The number of carbonyl (C=O) groups is 2. The molecule has 1 aromatic rings. The first-order valence-electron chi connectivity index (χ1n) is 9.82. The third-order valence-electron chi connectivity index (χ3n) is 5.65. The van der Waals surface area contributed by atoms with Crippen molar-refractivity contribution in [2.24, 2.45) is 5.92 Å². The van der Waals surface area contributed by atoms with Gasteiger partial charge in [0.15, 0.2) is 5.11 Å². The fraction of sp³-hybridized carbons (Fsp3) is 0.600. The summed E-state index contributed by atoms with van der Waals surface area (Å²) in [5.74, 6) is -0.163. The van der Waals surface area contributed by atoms with E-state index in [1.165, 1.54) is 14.2 Å². The van der Waals surface area contributed by atoms with Crippen LogP contribution >= 0.6 is 12.2 Å². The Bertz CT molecular complexity index is 840. The Morgan fingerprint density at radius 2 is 2.03 bits per heavy atom. The number of nitrogens with zero attached hydrogens (tertiary/aromatic N) is 2. The Balaban J connectivity index is 1.64. The molecule has 3 rings (SSSR count). The molecule has 0 aromatic carbocycles. The molecule has 0 unspecified atom stereocenters. The molecule has 3 atom stereocenters. The van der Waals surface area contributed by atoms with E-state index in [-0.39, 0.29) is 23.9 Å². The average molecular weight is 422 g/mol. The zero-order valence-corrected chi connectivity index (χ0v) is 17.6. The van der Waals surface area contributed by atoms with E-state index >= 15 is 0 Å². The van der Waals surface area contributed by atoms with Crippen LogP contribution in [0.2, 0.25) is 0 Å². The predicted octanol–water partition coefficient (Wildman–Crippen LogP) is 1.03. The van der Waals surface area contributed by atoms with Crippen LogP contribution in [-0.4, -0.2) is 59.9 Å². The molecular formula is C20H27N3O5S. The van der Waals surface area contributed by atoms with Crippen LogP contribution in [-0.2, 0) is 25.6 Å². The third-order valence-corrected chi connectivity index (χ3v) is 6.03. The monoisotopic (exact) mass is 421 g/mol. The van der Waals surface area contributed by atoms with E-state index in [9.17, 15) is 14.4 Å². The molecule has 3 heterocycles. The number of methoxy groups -OCH3 is 2. The molecule has 158 valence electrons. The fourth-order valence-corrected chi connectivity index (χ4v) is 4.54. The van der Waals surface area contributed by atoms with Crippen molar-refractivity contribution in [3.8, 4) is 0 Å². The van der Waals surface area contributed by atoms with E-state index in [2.05, 4.69) is 15.0 Å². The maximum atomic E-state index is 12.2. The van der Waals surface area contributed by atoms with E-state index in [1.807, 2.05) is 10.6 Å². The Hall–Kier alpha value is -2.42. The van der Waals surface area contributed by atoms with Crippen LogP contribution in [0.15, 0.2) is 23.0 Å². The molecule has 9 heteroatoms. The first kappa shape index (κ1) is 21.3. The summed E-state index contributed by atoms with van der Waals surface area (Å²) in [6.45, 7) is 2.12. The van der Waals surface area contributed by atoms with Crippen molar-refractivity contribution in [2.45, 2.75) is 44.2 Å². The molecule has 1 N–H and O–H groups in total. The number of esters is 2. The molecule has 1 fully saturated rings. The van der Waals surface area contributed by atoms with E-state index in [1.54, 1.807) is 12.1 Å². The van der Waals surface area contributed by atoms with Gasteiger partial charge in [0.2, 0.25) is 0 Å². The van der Waals surface area contributed by atoms with Gasteiger partial charge < -0.3 is 24.3 Å². The predicted molar refractivity (Wildman–Crippen MR) is 111 cm³/mol. The summed E-state index contributed by atoms with van der Waals surface area (Å²) in [5.41, 5.74) is 1.09. The third kappa shape index (κ3) is 4.95. The van der Waals surface area contributed by atoms with E-state index in [0.717, 1.165) is 18.7 Å². The number of hydrogen-bond donors (Lipinski definition) is 1. The molecule has 0 radical (unpaired) electrons. The van der Waals surface area contributed by atoms with Crippen molar-refractivity contribution in [3.63, 3.8) is 0 Å². The number of aromatic nitrogens is 1. The number of ether oxygens (including phenoxy) is 2. The topological polar surface area (TPSA) is 89.9 Å². The van der Waals surface area contributed by atoms with Crippen LogP contribution in [0.4, 0.5) is 0 Å². The summed E-state index contributed by atoms with van der Waals surface area (Å²) in [5, 5.41) is 3.62. The Morgan fingerprint density at radius 1 is 1.24 bits per heavy atom. The lowest BCUT2D eigenvalue weighted by atomic mass is 9.83. The number of hydrogen-bond acceptors (Lipinski definition) is 6. The van der Waals surface area contributed by atoms with Crippen molar-refractivity contribution in [1.82, 2.24) is 14.8 Å². The van der Waals surface area contributed by atoms with E-state index in [4.69, 9.17) is 17.0 Å². The molecule has 0 amide bonds. The second kappa shape index (κ2) is 9.39. The van der Waals surface area contributed by atoms with E-state index in [0.29, 0.717) is 37.0 Å². The maximum Gasteiger partial charge on any atom is 0.328 e. The number of thiocarbonyl (C=S) groups is 1. The summed E-state index contributed by atoms with van der Waals surface area (Å²) >= 11 is 5.59. The van der Waals surface area contributed by atoms with Crippen molar-refractivity contribution >= 4 is 29.3 Å². The number of rotatable bonds is 6. The quantitative estimate of drug-likeness (QED) is 0.538. The normalized spacial score (nSPS) is 21.0. The maximum absolute atomic E-state index is 12.2. The molecule has 0 spiro atoms. The largest absolute Gasteiger partial charge is 0.469 e. The van der Waals surface area contributed by atoms with Crippen molar-refractivity contribution in [3.05, 3.63) is 34.2 Å². The minimum absolute atomic E-state index is 0.0442. The summed E-state index contributed by atoms with van der Waals surface area (Å²) in [6.07, 6.45) is 2.17. The number of carbonyl (C=O) groups excluding carboxylic acids is 2. The summed E-state index contributed by atoms with van der Waals surface area (Å²) in [6, 6.07) is 4.79. The highest BCUT2D eigenvalue weighted by Crippen LogP contribution is 2.34. The van der Waals surface area contributed by atoms with Crippen molar-refractivity contribution in [2.75, 3.05) is 27.3 Å². The Morgan fingerprint density at radius 3 is 2.76 bits per heavy atom.